The molecule has 1 N–H and O–H groups in total. The molecule has 1 aromatic carbocycles. The van der Waals surface area contributed by atoms with Crippen molar-refractivity contribution in [3.8, 4) is 11.8 Å². The highest BCUT2D eigenvalue weighted by Crippen LogP contribution is 2.26. The maximum absolute atomic E-state index is 11.6. The smallest absolute Gasteiger partial charge is 0.338 e. The van der Waals surface area contributed by atoms with E-state index in [9.17, 15) is 9.59 Å². The quantitative estimate of drug-likeness (QED) is 0.816. The maximum Gasteiger partial charge on any atom is 0.338 e. The number of anilines is 1. The van der Waals surface area contributed by atoms with Crippen LogP contribution in [0.5, 0.6) is 5.75 Å². The Bertz CT molecular complexity index is 520. The normalized spacial score (nSPS) is 9.32. The molecule has 0 saturated heterocycles. The first-order valence-electron chi connectivity index (χ1n) is 5.64. The Labute approximate surface area is 110 Å². The van der Waals surface area contributed by atoms with Gasteiger partial charge in [0.15, 0.2) is 0 Å². The fourth-order valence-corrected chi connectivity index (χ4v) is 1.41. The van der Waals surface area contributed by atoms with Crippen LogP contribution < -0.4 is 10.1 Å². The van der Waals surface area contributed by atoms with Crippen LogP contribution in [0.2, 0.25) is 0 Å². The first-order chi connectivity index (χ1) is 9.12. The zero-order valence-corrected chi connectivity index (χ0v) is 10.7. The molecule has 0 radical (unpaired) electrons. The van der Waals surface area contributed by atoms with E-state index >= 15 is 0 Å². The third-order valence-electron chi connectivity index (χ3n) is 2.22. The Kier molecular flexibility index (Phi) is 5.35. The highest BCUT2D eigenvalue weighted by molar-refractivity contribution is 5.96. The standard InChI is InChI=1S/C13H14N2O4/c1-3-19-13(17)9-4-5-11(18-2)10(8-9)15-12(16)6-7-14/h4-5,8H,3,6H2,1-2H3,(H,15,16). The molecule has 1 aromatic rings. The first kappa shape index (κ1) is 14.5. The number of hydrogen-bond donors (Lipinski definition) is 1. The van der Waals surface area contributed by atoms with Gasteiger partial charge in [-0.15, -0.1) is 0 Å². The van der Waals surface area contributed by atoms with Gasteiger partial charge in [0, 0.05) is 0 Å². The lowest BCUT2D eigenvalue weighted by atomic mass is 10.2. The van der Waals surface area contributed by atoms with Crippen molar-refractivity contribution in [1.82, 2.24) is 0 Å². The van der Waals surface area contributed by atoms with Crippen LogP contribution >= 0.6 is 0 Å². The highest BCUT2D eigenvalue weighted by Gasteiger charge is 2.12. The van der Waals surface area contributed by atoms with Crippen molar-refractivity contribution in [2.45, 2.75) is 13.3 Å². The van der Waals surface area contributed by atoms with E-state index in [-0.39, 0.29) is 13.0 Å². The predicted octanol–water partition coefficient (Wildman–Crippen LogP) is 1.72. The number of ether oxygens (including phenoxy) is 2. The topological polar surface area (TPSA) is 88.4 Å². The zero-order chi connectivity index (χ0) is 14.3. The van der Waals surface area contributed by atoms with Crippen LogP contribution in [-0.2, 0) is 9.53 Å². The number of nitrogens with zero attached hydrogens (tertiary/aromatic N) is 1. The average molecular weight is 262 g/mol. The molecule has 0 aliphatic heterocycles. The van der Waals surface area contributed by atoms with E-state index < -0.39 is 11.9 Å². The molecular weight excluding hydrogens is 248 g/mol. The van der Waals surface area contributed by atoms with Crippen LogP contribution in [0, 0.1) is 11.3 Å². The number of amides is 1. The molecule has 0 saturated carbocycles. The van der Waals surface area contributed by atoms with Crippen molar-refractivity contribution in [3.63, 3.8) is 0 Å². The molecule has 0 atom stereocenters. The van der Waals surface area contributed by atoms with Crippen LogP contribution in [0.3, 0.4) is 0 Å². The molecule has 6 heteroatoms. The van der Waals surface area contributed by atoms with Crippen LogP contribution in [0.4, 0.5) is 5.69 Å². The van der Waals surface area contributed by atoms with Gasteiger partial charge in [0.2, 0.25) is 5.91 Å². The second-order valence-corrected chi connectivity index (χ2v) is 3.52. The summed E-state index contributed by atoms with van der Waals surface area (Å²) in [6.45, 7) is 1.97. The third kappa shape index (κ3) is 4.00. The second-order valence-electron chi connectivity index (χ2n) is 3.52. The van der Waals surface area contributed by atoms with Gasteiger partial charge in [-0.25, -0.2) is 4.79 Å². The number of methoxy groups -OCH3 is 1. The minimum atomic E-state index is -0.485. The zero-order valence-electron chi connectivity index (χ0n) is 10.7. The van der Waals surface area contributed by atoms with Crippen molar-refractivity contribution in [1.29, 1.82) is 5.26 Å². The van der Waals surface area contributed by atoms with E-state index in [1.807, 2.05) is 0 Å². The molecule has 1 rings (SSSR count). The Hall–Kier alpha value is -2.55. The summed E-state index contributed by atoms with van der Waals surface area (Å²) in [5, 5.41) is 10.9. The van der Waals surface area contributed by atoms with Gasteiger partial charge in [-0.1, -0.05) is 0 Å². The molecule has 0 bridgehead atoms. The fraction of sp³-hybridized carbons (Fsp3) is 0.308. The van der Waals surface area contributed by atoms with E-state index in [1.165, 1.54) is 19.2 Å². The van der Waals surface area contributed by atoms with E-state index in [1.54, 1.807) is 19.1 Å². The first-order valence-corrected chi connectivity index (χ1v) is 5.64. The predicted molar refractivity (Wildman–Crippen MR) is 67.8 cm³/mol. The van der Waals surface area contributed by atoms with Crippen LogP contribution in [0.25, 0.3) is 0 Å². The molecule has 0 spiro atoms. The number of hydrogen-bond acceptors (Lipinski definition) is 5. The summed E-state index contributed by atoms with van der Waals surface area (Å²) in [7, 11) is 1.44. The second kappa shape index (κ2) is 7.01. The average Bonchev–Trinajstić information content (AvgIpc) is 2.39. The van der Waals surface area contributed by atoms with Gasteiger partial charge in [0.25, 0.3) is 0 Å². The SMILES string of the molecule is CCOC(=O)c1ccc(OC)c(NC(=O)CC#N)c1. The van der Waals surface area contributed by atoms with Crippen LogP contribution in [-0.4, -0.2) is 25.6 Å². The van der Waals surface area contributed by atoms with E-state index in [4.69, 9.17) is 14.7 Å². The molecule has 0 unspecified atom stereocenters. The largest absolute Gasteiger partial charge is 0.495 e. The van der Waals surface area contributed by atoms with Crippen molar-refractivity contribution < 1.29 is 19.1 Å². The van der Waals surface area contributed by atoms with Crippen molar-refractivity contribution in [2.75, 3.05) is 19.0 Å². The summed E-state index contributed by atoms with van der Waals surface area (Å²) in [6.07, 6.45) is -0.271. The Morgan fingerprint density at radius 3 is 2.74 bits per heavy atom. The monoisotopic (exact) mass is 262 g/mol. The van der Waals surface area contributed by atoms with Gasteiger partial charge in [-0.05, 0) is 25.1 Å². The minimum Gasteiger partial charge on any atom is -0.495 e. The molecule has 0 aromatic heterocycles. The lowest BCUT2D eigenvalue weighted by Gasteiger charge is -2.10. The molecule has 1 amide bonds. The Morgan fingerprint density at radius 1 is 1.42 bits per heavy atom. The van der Waals surface area contributed by atoms with Crippen molar-refractivity contribution >= 4 is 17.6 Å². The van der Waals surface area contributed by atoms with Crippen molar-refractivity contribution in [3.05, 3.63) is 23.8 Å². The molecular formula is C13H14N2O4. The van der Waals surface area contributed by atoms with Gasteiger partial charge in [0.05, 0.1) is 31.0 Å². The summed E-state index contributed by atoms with van der Waals surface area (Å²) in [6, 6.07) is 6.28. The van der Waals surface area contributed by atoms with Crippen LogP contribution in [0.1, 0.15) is 23.7 Å². The maximum atomic E-state index is 11.6. The number of esters is 1. The highest BCUT2D eigenvalue weighted by atomic mass is 16.5. The number of rotatable bonds is 5. The molecule has 0 aliphatic rings. The van der Waals surface area contributed by atoms with Crippen LogP contribution in [0.15, 0.2) is 18.2 Å². The number of nitrogens with one attached hydrogen (secondary N) is 1. The minimum absolute atomic E-state index is 0.265. The Balaban J connectivity index is 2.99. The lowest BCUT2D eigenvalue weighted by Crippen LogP contribution is -2.12. The number of carbonyl (C=O) groups is 2. The van der Waals surface area contributed by atoms with Gasteiger partial charge in [0.1, 0.15) is 12.2 Å². The number of carbonyl (C=O) groups excluding carboxylic acids is 2. The fourth-order valence-electron chi connectivity index (χ4n) is 1.41. The number of nitriles is 1. The summed E-state index contributed by atoms with van der Waals surface area (Å²) in [5.74, 6) is -0.554. The van der Waals surface area contributed by atoms with Gasteiger partial charge in [-0.2, -0.15) is 5.26 Å². The van der Waals surface area contributed by atoms with Crippen molar-refractivity contribution in [2.24, 2.45) is 0 Å². The van der Waals surface area contributed by atoms with Gasteiger partial charge >= 0.3 is 5.97 Å². The molecule has 0 aliphatic carbocycles. The van der Waals surface area contributed by atoms with E-state index in [0.29, 0.717) is 17.0 Å². The van der Waals surface area contributed by atoms with E-state index in [2.05, 4.69) is 5.32 Å². The summed E-state index contributed by atoms with van der Waals surface area (Å²) in [4.78, 5) is 23.0. The molecule has 6 nitrogen and oxygen atoms in total. The van der Waals surface area contributed by atoms with Gasteiger partial charge in [-0.3, -0.25) is 4.79 Å². The summed E-state index contributed by atoms with van der Waals surface area (Å²) >= 11 is 0. The van der Waals surface area contributed by atoms with Gasteiger partial charge < -0.3 is 14.8 Å². The third-order valence-corrected chi connectivity index (χ3v) is 2.22. The number of benzene rings is 1. The summed E-state index contributed by atoms with van der Waals surface area (Å²) < 4.78 is 9.93. The molecule has 0 fully saturated rings. The summed E-state index contributed by atoms with van der Waals surface area (Å²) in [5.41, 5.74) is 0.628. The molecule has 100 valence electrons. The molecule has 0 heterocycles. The van der Waals surface area contributed by atoms with E-state index in [0.717, 1.165) is 0 Å². The Morgan fingerprint density at radius 2 is 2.16 bits per heavy atom. The lowest BCUT2D eigenvalue weighted by molar-refractivity contribution is -0.115. The molecule has 19 heavy (non-hydrogen) atoms.